The number of rotatable bonds is 2. The fourth-order valence-electron chi connectivity index (χ4n) is 2.35. The molecule has 0 atom stereocenters. The van der Waals surface area contributed by atoms with E-state index in [0.717, 1.165) is 29.2 Å². The molecule has 0 aromatic carbocycles. The zero-order valence-corrected chi connectivity index (χ0v) is 9.60. The molecule has 1 aliphatic carbocycles. The number of imidazole rings is 1. The summed E-state index contributed by atoms with van der Waals surface area (Å²) in [5.41, 5.74) is 1.91. The average molecular weight is 220 g/mol. The molecule has 1 fully saturated rings. The topological polar surface area (TPSA) is 34.4 Å². The van der Waals surface area contributed by atoms with Crippen molar-refractivity contribution in [3.05, 3.63) is 23.0 Å². The maximum atomic E-state index is 11.7. The molecule has 0 aliphatic heterocycles. The Bertz CT molecular complexity index is 548. The van der Waals surface area contributed by atoms with E-state index in [9.17, 15) is 4.79 Å². The van der Waals surface area contributed by atoms with Crippen LogP contribution >= 0.6 is 11.3 Å². The van der Waals surface area contributed by atoms with Crippen molar-refractivity contribution >= 4 is 22.1 Å². The number of Topliss-reactive ketones (excluding diaryl/α,β-unsaturated/α-hetero) is 1. The summed E-state index contributed by atoms with van der Waals surface area (Å²) < 4.78 is 2.08. The minimum Gasteiger partial charge on any atom is -0.299 e. The third-order valence-corrected chi connectivity index (χ3v) is 4.07. The van der Waals surface area contributed by atoms with E-state index < -0.39 is 0 Å². The Morgan fingerprint density at radius 3 is 2.93 bits per heavy atom. The Labute approximate surface area is 91.8 Å². The second kappa shape index (κ2) is 2.70. The van der Waals surface area contributed by atoms with Crippen molar-refractivity contribution in [2.45, 2.75) is 32.1 Å². The number of aromatic nitrogens is 2. The predicted octanol–water partition coefficient (Wildman–Crippen LogP) is 2.32. The highest BCUT2D eigenvalue weighted by Crippen LogP contribution is 2.50. The van der Waals surface area contributed by atoms with E-state index in [4.69, 9.17) is 0 Å². The van der Waals surface area contributed by atoms with Crippen molar-refractivity contribution in [3.8, 4) is 0 Å². The molecule has 2 aromatic rings. The van der Waals surface area contributed by atoms with Crippen LogP contribution in [0.2, 0.25) is 0 Å². The van der Waals surface area contributed by atoms with Crippen LogP contribution < -0.4 is 0 Å². The number of aryl methyl sites for hydroxylation is 1. The van der Waals surface area contributed by atoms with Gasteiger partial charge in [0, 0.05) is 11.6 Å². The first kappa shape index (κ1) is 9.09. The Morgan fingerprint density at radius 2 is 2.33 bits per heavy atom. The fraction of sp³-hybridized carbons (Fsp3) is 0.455. The number of carbonyl (C=O) groups excluding carboxylic acids is 1. The molecule has 0 bridgehead atoms. The zero-order chi connectivity index (χ0) is 10.6. The normalized spacial score (nSPS) is 18.3. The first-order valence-corrected chi connectivity index (χ1v) is 5.97. The molecule has 1 aliphatic rings. The Balaban J connectivity index is 2.29. The van der Waals surface area contributed by atoms with Gasteiger partial charge in [-0.3, -0.25) is 9.20 Å². The number of nitrogens with zero attached hydrogens (tertiary/aromatic N) is 2. The third kappa shape index (κ3) is 1.05. The molecule has 0 unspecified atom stereocenters. The van der Waals surface area contributed by atoms with E-state index in [1.807, 2.05) is 18.5 Å². The standard InChI is InChI=1S/C11H12N2OS/c1-7-9(11(3-4-11)8(2)14)13-5-6-15-10(13)12-7/h5-6H,3-4H2,1-2H3. The van der Waals surface area contributed by atoms with Crippen LogP contribution in [-0.2, 0) is 10.2 Å². The van der Waals surface area contributed by atoms with Crippen molar-refractivity contribution in [2.75, 3.05) is 0 Å². The van der Waals surface area contributed by atoms with Gasteiger partial charge in [0.2, 0.25) is 0 Å². The van der Waals surface area contributed by atoms with Crippen LogP contribution in [0.4, 0.5) is 0 Å². The minimum absolute atomic E-state index is 0.218. The molecule has 0 radical (unpaired) electrons. The number of fused-ring (bicyclic) bond motifs is 1. The molecular formula is C11H12N2OS. The molecular weight excluding hydrogens is 208 g/mol. The number of ketones is 1. The van der Waals surface area contributed by atoms with Gasteiger partial charge in [-0.15, -0.1) is 11.3 Å². The molecule has 0 amide bonds. The molecule has 3 rings (SSSR count). The average Bonchev–Trinajstić information content (AvgIpc) is 2.74. The summed E-state index contributed by atoms with van der Waals surface area (Å²) >= 11 is 1.62. The van der Waals surface area contributed by atoms with Crippen molar-refractivity contribution in [3.63, 3.8) is 0 Å². The lowest BCUT2D eigenvalue weighted by Gasteiger charge is -2.11. The van der Waals surface area contributed by atoms with Gasteiger partial charge in [-0.05, 0) is 26.7 Å². The van der Waals surface area contributed by atoms with E-state index in [1.54, 1.807) is 18.3 Å². The van der Waals surface area contributed by atoms with Crippen LogP contribution in [0.1, 0.15) is 31.2 Å². The van der Waals surface area contributed by atoms with E-state index >= 15 is 0 Å². The number of thiazole rings is 1. The minimum atomic E-state index is -0.218. The third-order valence-electron chi connectivity index (χ3n) is 3.31. The summed E-state index contributed by atoms with van der Waals surface area (Å²) in [5.74, 6) is 0.276. The van der Waals surface area contributed by atoms with Crippen LogP contribution in [-0.4, -0.2) is 15.2 Å². The molecule has 2 aromatic heterocycles. The summed E-state index contributed by atoms with van der Waals surface area (Å²) in [5, 5.41) is 2.02. The number of hydrogen-bond acceptors (Lipinski definition) is 3. The van der Waals surface area contributed by atoms with E-state index in [1.165, 1.54) is 0 Å². The second-order valence-corrected chi connectivity index (χ2v) is 5.11. The zero-order valence-electron chi connectivity index (χ0n) is 8.78. The fourth-order valence-corrected chi connectivity index (χ4v) is 3.11. The molecule has 0 N–H and O–H groups in total. The van der Waals surface area contributed by atoms with Gasteiger partial charge in [-0.1, -0.05) is 0 Å². The summed E-state index contributed by atoms with van der Waals surface area (Å²) in [7, 11) is 0. The van der Waals surface area contributed by atoms with Crippen LogP contribution in [0.3, 0.4) is 0 Å². The lowest BCUT2D eigenvalue weighted by atomic mass is 9.96. The number of carbonyl (C=O) groups is 1. The lowest BCUT2D eigenvalue weighted by Crippen LogP contribution is -2.20. The van der Waals surface area contributed by atoms with E-state index in [2.05, 4.69) is 9.38 Å². The number of hydrogen-bond donors (Lipinski definition) is 0. The Morgan fingerprint density at radius 1 is 1.60 bits per heavy atom. The molecule has 3 nitrogen and oxygen atoms in total. The highest BCUT2D eigenvalue weighted by Gasteiger charge is 2.51. The van der Waals surface area contributed by atoms with Crippen molar-refractivity contribution in [2.24, 2.45) is 0 Å². The maximum Gasteiger partial charge on any atom is 0.194 e. The van der Waals surface area contributed by atoms with Crippen molar-refractivity contribution in [1.82, 2.24) is 9.38 Å². The predicted molar refractivity (Wildman–Crippen MR) is 59.4 cm³/mol. The lowest BCUT2D eigenvalue weighted by molar-refractivity contribution is -0.119. The maximum absolute atomic E-state index is 11.7. The van der Waals surface area contributed by atoms with Gasteiger partial charge >= 0.3 is 0 Å². The van der Waals surface area contributed by atoms with E-state index in [-0.39, 0.29) is 11.2 Å². The molecule has 0 saturated heterocycles. The molecule has 15 heavy (non-hydrogen) atoms. The Kier molecular flexibility index (Phi) is 1.63. The van der Waals surface area contributed by atoms with Gasteiger partial charge in [0.1, 0.15) is 5.78 Å². The van der Waals surface area contributed by atoms with Gasteiger partial charge in [-0.25, -0.2) is 4.98 Å². The van der Waals surface area contributed by atoms with Gasteiger partial charge in [0.05, 0.1) is 16.8 Å². The monoisotopic (exact) mass is 220 g/mol. The van der Waals surface area contributed by atoms with Crippen LogP contribution in [0.15, 0.2) is 11.6 Å². The molecule has 1 saturated carbocycles. The first-order valence-electron chi connectivity index (χ1n) is 5.09. The first-order chi connectivity index (χ1) is 7.15. The van der Waals surface area contributed by atoms with Crippen LogP contribution in [0, 0.1) is 6.92 Å². The SMILES string of the molecule is CC(=O)C1(c2c(C)nc3sccn23)CC1. The van der Waals surface area contributed by atoms with Gasteiger partial charge in [0.25, 0.3) is 0 Å². The molecule has 0 spiro atoms. The quantitative estimate of drug-likeness (QED) is 0.778. The second-order valence-electron chi connectivity index (χ2n) is 4.24. The summed E-state index contributed by atoms with van der Waals surface area (Å²) in [6.07, 6.45) is 3.97. The summed E-state index contributed by atoms with van der Waals surface area (Å²) in [6, 6.07) is 0. The Hall–Kier alpha value is -1.16. The van der Waals surface area contributed by atoms with Crippen molar-refractivity contribution < 1.29 is 4.79 Å². The molecule has 4 heteroatoms. The van der Waals surface area contributed by atoms with Crippen LogP contribution in [0.25, 0.3) is 4.96 Å². The smallest absolute Gasteiger partial charge is 0.194 e. The van der Waals surface area contributed by atoms with E-state index in [0.29, 0.717) is 0 Å². The van der Waals surface area contributed by atoms with Gasteiger partial charge < -0.3 is 0 Å². The van der Waals surface area contributed by atoms with Gasteiger partial charge in [0.15, 0.2) is 4.96 Å². The highest BCUT2D eigenvalue weighted by molar-refractivity contribution is 7.15. The molecule has 2 heterocycles. The highest BCUT2D eigenvalue weighted by atomic mass is 32.1. The molecule has 78 valence electrons. The summed E-state index contributed by atoms with van der Waals surface area (Å²) in [6.45, 7) is 3.69. The van der Waals surface area contributed by atoms with Crippen molar-refractivity contribution in [1.29, 1.82) is 0 Å². The largest absolute Gasteiger partial charge is 0.299 e. The summed E-state index contributed by atoms with van der Waals surface area (Å²) in [4.78, 5) is 17.2. The van der Waals surface area contributed by atoms with Crippen LogP contribution in [0.5, 0.6) is 0 Å². The van der Waals surface area contributed by atoms with Gasteiger partial charge in [-0.2, -0.15) is 0 Å².